The molecule has 126 valence electrons. The maximum Gasteiger partial charge on any atom is 0.221 e. The molecule has 0 saturated carbocycles. The number of aromatic nitrogens is 2. The van der Waals surface area contributed by atoms with Crippen LogP contribution in [0.25, 0.3) is 0 Å². The van der Waals surface area contributed by atoms with E-state index in [2.05, 4.69) is 38.3 Å². The number of hydrogen-bond donors (Lipinski definition) is 1. The summed E-state index contributed by atoms with van der Waals surface area (Å²) in [6, 6.07) is 12.1. The Bertz CT molecular complexity index is 681. The Morgan fingerprint density at radius 3 is 2.46 bits per heavy atom. The Kier molecular flexibility index (Phi) is 4.10. The smallest absolute Gasteiger partial charge is 0.221 e. The number of carbonyl (C=O) groups excluding carboxylic acids is 1. The van der Waals surface area contributed by atoms with Crippen molar-refractivity contribution in [3.8, 4) is 0 Å². The fourth-order valence-electron chi connectivity index (χ4n) is 4.32. The predicted molar refractivity (Wildman–Crippen MR) is 93.6 cm³/mol. The molecule has 2 aliphatic rings. The van der Waals surface area contributed by atoms with Gasteiger partial charge in [-0.3, -0.25) is 14.4 Å². The molecule has 1 aromatic carbocycles. The van der Waals surface area contributed by atoms with E-state index in [4.69, 9.17) is 0 Å². The van der Waals surface area contributed by atoms with Crippen LogP contribution in [0.2, 0.25) is 0 Å². The number of hydrogen-bond acceptors (Lipinski definition) is 3. The summed E-state index contributed by atoms with van der Waals surface area (Å²) >= 11 is 0. The summed E-state index contributed by atoms with van der Waals surface area (Å²) < 4.78 is 2.14. The molecule has 2 unspecified atom stereocenters. The highest BCUT2D eigenvalue weighted by molar-refractivity contribution is 5.88. The average molecular weight is 324 g/mol. The average Bonchev–Trinajstić information content (AvgIpc) is 3.16. The fourth-order valence-corrected chi connectivity index (χ4v) is 4.32. The van der Waals surface area contributed by atoms with Crippen molar-refractivity contribution in [2.75, 3.05) is 5.32 Å². The molecule has 3 heterocycles. The van der Waals surface area contributed by atoms with Crippen LogP contribution in [0.15, 0.2) is 42.7 Å². The zero-order valence-electron chi connectivity index (χ0n) is 14.1. The van der Waals surface area contributed by atoms with Crippen LogP contribution >= 0.6 is 0 Å². The fraction of sp³-hybridized carbons (Fsp3) is 0.474. The third-order valence-corrected chi connectivity index (χ3v) is 5.40. The van der Waals surface area contributed by atoms with Gasteiger partial charge in [-0.05, 0) is 49.4 Å². The van der Waals surface area contributed by atoms with E-state index in [1.165, 1.54) is 38.2 Å². The molecule has 0 spiro atoms. The molecule has 1 N–H and O–H groups in total. The van der Waals surface area contributed by atoms with Crippen LogP contribution in [-0.2, 0) is 11.3 Å². The minimum atomic E-state index is -0.0264. The maximum atomic E-state index is 11.1. The van der Waals surface area contributed by atoms with Crippen LogP contribution in [0.5, 0.6) is 0 Å². The Morgan fingerprint density at radius 1 is 1.17 bits per heavy atom. The molecule has 0 aliphatic carbocycles. The van der Waals surface area contributed by atoms with Gasteiger partial charge in [0.25, 0.3) is 0 Å². The van der Waals surface area contributed by atoms with Crippen LogP contribution in [0.1, 0.15) is 44.2 Å². The van der Waals surface area contributed by atoms with Crippen LogP contribution < -0.4 is 5.32 Å². The minimum Gasteiger partial charge on any atom is -0.326 e. The Balaban J connectivity index is 1.42. The van der Waals surface area contributed by atoms with E-state index in [1.54, 1.807) is 0 Å². The van der Waals surface area contributed by atoms with Gasteiger partial charge < -0.3 is 5.32 Å². The molecule has 1 aromatic heterocycles. The number of nitrogens with one attached hydrogen (secondary N) is 1. The topological polar surface area (TPSA) is 50.2 Å². The van der Waals surface area contributed by atoms with Gasteiger partial charge in [0, 0.05) is 43.6 Å². The van der Waals surface area contributed by atoms with Crippen LogP contribution in [0, 0.1) is 0 Å². The van der Waals surface area contributed by atoms with Crippen LogP contribution in [0.3, 0.4) is 0 Å². The molecule has 2 aliphatic heterocycles. The molecule has 2 saturated heterocycles. The van der Waals surface area contributed by atoms with Crippen molar-refractivity contribution in [3.05, 3.63) is 48.3 Å². The monoisotopic (exact) mass is 324 g/mol. The molecule has 1 amide bonds. The van der Waals surface area contributed by atoms with Crippen molar-refractivity contribution in [3.63, 3.8) is 0 Å². The normalized spacial score (nSPS) is 26.5. The summed E-state index contributed by atoms with van der Waals surface area (Å²) in [5.41, 5.74) is 2.19. The molecule has 2 aromatic rings. The van der Waals surface area contributed by atoms with Gasteiger partial charge in [-0.2, -0.15) is 5.10 Å². The first-order valence-electron chi connectivity index (χ1n) is 8.80. The number of anilines is 1. The van der Waals surface area contributed by atoms with Crippen molar-refractivity contribution < 1.29 is 4.79 Å². The molecule has 0 radical (unpaired) electrons. The van der Waals surface area contributed by atoms with Gasteiger partial charge in [0.1, 0.15) is 0 Å². The van der Waals surface area contributed by atoms with Gasteiger partial charge in [-0.15, -0.1) is 0 Å². The summed E-state index contributed by atoms with van der Waals surface area (Å²) in [7, 11) is 0. The van der Waals surface area contributed by atoms with Crippen molar-refractivity contribution in [1.29, 1.82) is 0 Å². The van der Waals surface area contributed by atoms with Crippen LogP contribution in [0.4, 0.5) is 5.69 Å². The quantitative estimate of drug-likeness (QED) is 0.939. The second kappa shape index (κ2) is 6.40. The highest BCUT2D eigenvalue weighted by Gasteiger charge is 2.41. The molecule has 2 bridgehead atoms. The van der Waals surface area contributed by atoms with E-state index in [9.17, 15) is 4.79 Å². The van der Waals surface area contributed by atoms with Crippen molar-refractivity contribution in [2.45, 2.75) is 57.3 Å². The number of rotatable bonds is 4. The lowest BCUT2D eigenvalue weighted by molar-refractivity contribution is -0.114. The van der Waals surface area contributed by atoms with Gasteiger partial charge >= 0.3 is 0 Å². The second-order valence-electron chi connectivity index (χ2n) is 7.05. The van der Waals surface area contributed by atoms with Gasteiger partial charge in [-0.25, -0.2) is 0 Å². The number of amides is 1. The maximum absolute atomic E-state index is 11.1. The van der Waals surface area contributed by atoms with Crippen molar-refractivity contribution >= 4 is 11.6 Å². The summed E-state index contributed by atoms with van der Waals surface area (Å²) in [5, 5.41) is 7.27. The number of benzene rings is 1. The lowest BCUT2D eigenvalue weighted by Crippen LogP contribution is -2.42. The summed E-state index contributed by atoms with van der Waals surface area (Å²) in [5.74, 6) is -0.0264. The number of fused-ring (bicyclic) bond motifs is 2. The van der Waals surface area contributed by atoms with E-state index in [0.29, 0.717) is 18.1 Å². The SMILES string of the molecule is CC(=O)Nc1ccc(CN2C3CCC2CC(n2cccn2)C3)cc1. The highest BCUT2D eigenvalue weighted by Crippen LogP contribution is 2.41. The third kappa shape index (κ3) is 3.08. The Hall–Kier alpha value is -2.14. The summed E-state index contributed by atoms with van der Waals surface area (Å²) in [6.45, 7) is 2.54. The van der Waals surface area contributed by atoms with Gasteiger partial charge in [0.2, 0.25) is 5.91 Å². The first-order chi connectivity index (χ1) is 11.7. The number of carbonyl (C=O) groups is 1. The van der Waals surface area contributed by atoms with Gasteiger partial charge in [0.05, 0.1) is 6.04 Å². The third-order valence-electron chi connectivity index (χ3n) is 5.40. The molecule has 2 atom stereocenters. The summed E-state index contributed by atoms with van der Waals surface area (Å²) in [4.78, 5) is 13.8. The molecule has 5 heteroatoms. The first-order valence-corrected chi connectivity index (χ1v) is 8.80. The number of piperidine rings is 1. The van der Waals surface area contributed by atoms with E-state index in [1.807, 2.05) is 24.4 Å². The molecular weight excluding hydrogens is 300 g/mol. The van der Waals surface area contributed by atoms with Gasteiger partial charge in [-0.1, -0.05) is 12.1 Å². The lowest BCUT2D eigenvalue weighted by Gasteiger charge is -2.39. The second-order valence-corrected chi connectivity index (χ2v) is 7.05. The highest BCUT2D eigenvalue weighted by atomic mass is 16.1. The standard InChI is InChI=1S/C19H24N4O/c1-14(24)21-16-5-3-15(4-6-16)13-22-17-7-8-18(22)12-19(11-17)23-10-2-9-20-23/h2-6,9-10,17-19H,7-8,11-13H2,1H3,(H,21,24). The molecule has 24 heavy (non-hydrogen) atoms. The Morgan fingerprint density at radius 2 is 1.88 bits per heavy atom. The van der Waals surface area contributed by atoms with Crippen molar-refractivity contribution in [1.82, 2.24) is 14.7 Å². The minimum absolute atomic E-state index is 0.0264. The zero-order chi connectivity index (χ0) is 16.5. The largest absolute Gasteiger partial charge is 0.326 e. The molecule has 5 nitrogen and oxygen atoms in total. The van der Waals surface area contributed by atoms with Gasteiger partial charge in [0.15, 0.2) is 0 Å². The van der Waals surface area contributed by atoms with Crippen molar-refractivity contribution in [2.24, 2.45) is 0 Å². The van der Waals surface area contributed by atoms with E-state index >= 15 is 0 Å². The zero-order valence-corrected chi connectivity index (χ0v) is 14.1. The van der Waals surface area contributed by atoms with E-state index in [0.717, 1.165) is 12.2 Å². The van der Waals surface area contributed by atoms with E-state index in [-0.39, 0.29) is 5.91 Å². The van der Waals surface area contributed by atoms with Crippen LogP contribution in [-0.4, -0.2) is 32.7 Å². The Labute approximate surface area is 142 Å². The summed E-state index contributed by atoms with van der Waals surface area (Å²) in [6.07, 6.45) is 8.97. The predicted octanol–water partition coefficient (Wildman–Crippen LogP) is 3.21. The van der Waals surface area contributed by atoms with E-state index < -0.39 is 0 Å². The number of nitrogens with zero attached hydrogens (tertiary/aromatic N) is 3. The molecular formula is C19H24N4O. The lowest BCUT2D eigenvalue weighted by atomic mass is 9.96. The first kappa shape index (κ1) is 15.4. The molecule has 2 fully saturated rings. The molecule has 4 rings (SSSR count).